The van der Waals surface area contributed by atoms with E-state index in [0.29, 0.717) is 22.3 Å². The molecule has 0 aliphatic carbocycles. The molecule has 0 bridgehead atoms. The minimum atomic E-state index is -0.246. The van der Waals surface area contributed by atoms with E-state index in [9.17, 15) is 9.59 Å². The SMILES string of the molecule is O=C(COc1ccccc1)Nc1ccc(SCC(=O)Nc2ccc(Cl)cn2)cc1. The molecule has 2 aromatic carbocycles. The van der Waals surface area contributed by atoms with Crippen molar-refractivity contribution in [2.45, 2.75) is 4.90 Å². The maximum Gasteiger partial charge on any atom is 0.262 e. The first-order chi connectivity index (χ1) is 14.1. The van der Waals surface area contributed by atoms with Crippen molar-refractivity contribution in [3.05, 3.63) is 77.9 Å². The number of para-hydroxylation sites is 1. The van der Waals surface area contributed by atoms with Crippen LogP contribution in [0.1, 0.15) is 0 Å². The highest BCUT2D eigenvalue weighted by Gasteiger charge is 2.06. The molecule has 0 radical (unpaired) electrons. The number of carbonyl (C=O) groups excluding carboxylic acids is 2. The molecule has 0 saturated carbocycles. The molecule has 1 aromatic heterocycles. The van der Waals surface area contributed by atoms with Crippen molar-refractivity contribution >= 4 is 46.7 Å². The lowest BCUT2D eigenvalue weighted by molar-refractivity contribution is -0.118. The summed E-state index contributed by atoms with van der Waals surface area (Å²) in [5, 5.41) is 5.98. The van der Waals surface area contributed by atoms with Gasteiger partial charge >= 0.3 is 0 Å². The topological polar surface area (TPSA) is 80.3 Å². The fraction of sp³-hybridized carbons (Fsp3) is 0.0952. The molecule has 0 saturated heterocycles. The molecule has 0 aliphatic rings. The van der Waals surface area contributed by atoms with Crippen LogP contribution >= 0.6 is 23.4 Å². The van der Waals surface area contributed by atoms with Gasteiger partial charge in [-0.25, -0.2) is 4.98 Å². The summed E-state index contributed by atoms with van der Waals surface area (Å²) in [4.78, 5) is 28.9. The summed E-state index contributed by atoms with van der Waals surface area (Å²) in [6.45, 7) is -0.0700. The number of hydrogen-bond donors (Lipinski definition) is 2. The zero-order valence-electron chi connectivity index (χ0n) is 15.3. The number of rotatable bonds is 8. The number of hydrogen-bond acceptors (Lipinski definition) is 5. The van der Waals surface area contributed by atoms with Crippen molar-refractivity contribution < 1.29 is 14.3 Å². The van der Waals surface area contributed by atoms with Crippen molar-refractivity contribution in [2.75, 3.05) is 23.0 Å². The number of halogens is 1. The number of thioether (sulfide) groups is 1. The minimum absolute atomic E-state index is 0.0700. The summed E-state index contributed by atoms with van der Waals surface area (Å²) in [5.74, 6) is 0.919. The lowest BCUT2D eigenvalue weighted by Gasteiger charge is -2.08. The maximum absolute atomic E-state index is 12.0. The van der Waals surface area contributed by atoms with Gasteiger partial charge in [-0.2, -0.15) is 0 Å². The number of aromatic nitrogens is 1. The normalized spacial score (nSPS) is 10.2. The third kappa shape index (κ3) is 7.14. The standard InChI is InChI=1S/C21H18ClN3O3S/c22-15-6-11-19(23-12-15)25-21(27)14-29-18-9-7-16(8-10-18)24-20(26)13-28-17-4-2-1-3-5-17/h1-12H,13-14H2,(H,24,26)(H,23,25,27). The quantitative estimate of drug-likeness (QED) is 0.518. The number of carbonyl (C=O) groups is 2. The van der Waals surface area contributed by atoms with Crippen molar-refractivity contribution in [3.8, 4) is 5.75 Å². The number of anilines is 2. The summed E-state index contributed by atoms with van der Waals surface area (Å²) in [6.07, 6.45) is 1.47. The van der Waals surface area contributed by atoms with E-state index in [0.717, 1.165) is 4.90 Å². The molecule has 0 atom stereocenters. The molecule has 8 heteroatoms. The van der Waals surface area contributed by atoms with Crippen molar-refractivity contribution in [2.24, 2.45) is 0 Å². The molecule has 0 spiro atoms. The van der Waals surface area contributed by atoms with E-state index < -0.39 is 0 Å². The van der Waals surface area contributed by atoms with Gasteiger partial charge in [-0.3, -0.25) is 9.59 Å². The van der Waals surface area contributed by atoms with Gasteiger partial charge in [0.05, 0.1) is 10.8 Å². The van der Waals surface area contributed by atoms with Crippen LogP contribution in [0.15, 0.2) is 77.8 Å². The molecule has 6 nitrogen and oxygen atoms in total. The highest BCUT2D eigenvalue weighted by molar-refractivity contribution is 8.00. The Kier molecular flexibility index (Phi) is 7.49. The van der Waals surface area contributed by atoms with Gasteiger partial charge in [0.1, 0.15) is 11.6 Å². The van der Waals surface area contributed by atoms with E-state index in [2.05, 4.69) is 15.6 Å². The summed E-state index contributed by atoms with van der Waals surface area (Å²) < 4.78 is 5.41. The predicted molar refractivity (Wildman–Crippen MR) is 116 cm³/mol. The molecule has 1 heterocycles. The van der Waals surface area contributed by atoms with E-state index in [1.54, 1.807) is 36.4 Å². The van der Waals surface area contributed by atoms with Gasteiger partial charge in [0, 0.05) is 16.8 Å². The Hall–Kier alpha value is -3.03. The Labute approximate surface area is 177 Å². The minimum Gasteiger partial charge on any atom is -0.484 e. The van der Waals surface area contributed by atoms with E-state index in [1.807, 2.05) is 30.3 Å². The third-order valence-electron chi connectivity index (χ3n) is 3.62. The largest absolute Gasteiger partial charge is 0.484 e. The average molecular weight is 428 g/mol. The summed E-state index contributed by atoms with van der Waals surface area (Å²) in [5.41, 5.74) is 0.658. The van der Waals surface area contributed by atoms with E-state index >= 15 is 0 Å². The van der Waals surface area contributed by atoms with Crippen LogP contribution in [0, 0.1) is 0 Å². The Morgan fingerprint density at radius 1 is 0.931 bits per heavy atom. The van der Waals surface area contributed by atoms with Crippen LogP contribution in [0.2, 0.25) is 5.02 Å². The lowest BCUT2D eigenvalue weighted by atomic mass is 10.3. The first-order valence-corrected chi connectivity index (χ1v) is 10.1. The Morgan fingerprint density at radius 3 is 2.38 bits per heavy atom. The monoisotopic (exact) mass is 427 g/mol. The van der Waals surface area contributed by atoms with Gasteiger partial charge in [-0.15, -0.1) is 11.8 Å². The molecule has 29 heavy (non-hydrogen) atoms. The molecular formula is C21H18ClN3O3S. The molecule has 3 aromatic rings. The number of nitrogens with one attached hydrogen (secondary N) is 2. The Morgan fingerprint density at radius 2 is 1.69 bits per heavy atom. The Bertz CT molecular complexity index is 951. The van der Waals surface area contributed by atoms with Crippen LogP contribution in [-0.2, 0) is 9.59 Å². The van der Waals surface area contributed by atoms with Gasteiger partial charge in [0.25, 0.3) is 5.91 Å². The molecule has 0 aliphatic heterocycles. The molecule has 2 amide bonds. The van der Waals surface area contributed by atoms with E-state index in [4.69, 9.17) is 16.3 Å². The second-order valence-electron chi connectivity index (χ2n) is 5.87. The van der Waals surface area contributed by atoms with Crippen LogP contribution in [-0.4, -0.2) is 29.2 Å². The summed E-state index contributed by atoms with van der Waals surface area (Å²) >= 11 is 7.15. The van der Waals surface area contributed by atoms with Crippen molar-refractivity contribution in [3.63, 3.8) is 0 Å². The van der Waals surface area contributed by atoms with E-state index in [1.165, 1.54) is 18.0 Å². The van der Waals surface area contributed by atoms with Crippen LogP contribution < -0.4 is 15.4 Å². The number of ether oxygens (including phenoxy) is 1. The van der Waals surface area contributed by atoms with Gasteiger partial charge in [-0.05, 0) is 48.5 Å². The molecule has 148 valence electrons. The van der Waals surface area contributed by atoms with Crippen LogP contribution in [0.5, 0.6) is 5.75 Å². The fourth-order valence-corrected chi connectivity index (χ4v) is 3.08. The highest BCUT2D eigenvalue weighted by Crippen LogP contribution is 2.21. The smallest absolute Gasteiger partial charge is 0.262 e. The summed E-state index contributed by atoms with van der Waals surface area (Å²) in [7, 11) is 0. The number of amides is 2. The molecule has 0 unspecified atom stereocenters. The van der Waals surface area contributed by atoms with Crippen molar-refractivity contribution in [1.82, 2.24) is 4.98 Å². The van der Waals surface area contributed by atoms with E-state index in [-0.39, 0.29) is 24.2 Å². The lowest BCUT2D eigenvalue weighted by Crippen LogP contribution is -2.20. The van der Waals surface area contributed by atoms with Crippen LogP contribution in [0.3, 0.4) is 0 Å². The maximum atomic E-state index is 12.0. The highest BCUT2D eigenvalue weighted by atomic mass is 35.5. The van der Waals surface area contributed by atoms with Crippen molar-refractivity contribution in [1.29, 1.82) is 0 Å². The molecule has 0 fully saturated rings. The average Bonchev–Trinajstić information content (AvgIpc) is 2.74. The summed E-state index contributed by atoms with van der Waals surface area (Å²) in [6, 6.07) is 19.7. The number of pyridine rings is 1. The van der Waals surface area contributed by atoms with Gasteiger partial charge in [-0.1, -0.05) is 29.8 Å². The Balaban J connectivity index is 1.41. The van der Waals surface area contributed by atoms with Crippen LogP contribution in [0.25, 0.3) is 0 Å². The zero-order valence-corrected chi connectivity index (χ0v) is 16.9. The first kappa shape index (κ1) is 20.7. The number of nitrogens with zero attached hydrogens (tertiary/aromatic N) is 1. The second kappa shape index (κ2) is 10.5. The molecule has 2 N–H and O–H groups in total. The number of benzene rings is 2. The van der Waals surface area contributed by atoms with Crippen LogP contribution in [0.4, 0.5) is 11.5 Å². The first-order valence-electron chi connectivity index (χ1n) is 8.70. The van der Waals surface area contributed by atoms with Gasteiger partial charge < -0.3 is 15.4 Å². The fourth-order valence-electron chi connectivity index (χ4n) is 2.27. The van der Waals surface area contributed by atoms with Gasteiger partial charge in [0.15, 0.2) is 6.61 Å². The zero-order chi connectivity index (χ0) is 20.5. The predicted octanol–water partition coefficient (Wildman–Crippen LogP) is 4.48. The molecule has 3 rings (SSSR count). The second-order valence-corrected chi connectivity index (χ2v) is 7.36. The van der Waals surface area contributed by atoms with Gasteiger partial charge in [0.2, 0.25) is 5.91 Å². The third-order valence-corrected chi connectivity index (χ3v) is 4.85. The molecular weight excluding hydrogens is 410 g/mol.